The molecule has 1 fully saturated rings. The summed E-state index contributed by atoms with van der Waals surface area (Å²) < 4.78 is 2.37. The van der Waals surface area contributed by atoms with Gasteiger partial charge in [-0.15, -0.1) is 0 Å². The van der Waals surface area contributed by atoms with Crippen molar-refractivity contribution in [3.8, 4) is 0 Å². The van der Waals surface area contributed by atoms with Crippen molar-refractivity contribution in [2.45, 2.75) is 31.2 Å². The fourth-order valence-electron chi connectivity index (χ4n) is 3.49. The Morgan fingerprint density at radius 2 is 2.26 bits per heavy atom. The van der Waals surface area contributed by atoms with Gasteiger partial charge in [0.25, 0.3) is 0 Å². The Morgan fingerprint density at radius 3 is 3.11 bits per heavy atom. The number of benzene rings is 1. The van der Waals surface area contributed by atoms with Gasteiger partial charge in [-0.1, -0.05) is 24.3 Å². The maximum Gasteiger partial charge on any atom is 0.0948 e. The molecule has 2 unspecified atom stereocenters. The van der Waals surface area contributed by atoms with Crippen LogP contribution < -0.4 is 5.32 Å². The largest absolute Gasteiger partial charge is 0.334 e. The first kappa shape index (κ1) is 11.2. The highest BCUT2D eigenvalue weighted by molar-refractivity contribution is 5.39. The lowest BCUT2D eigenvalue weighted by molar-refractivity contribution is 0.488. The second kappa shape index (κ2) is 4.49. The van der Waals surface area contributed by atoms with Crippen LogP contribution in [0.25, 0.3) is 0 Å². The Labute approximate surface area is 113 Å². The first-order valence-corrected chi connectivity index (χ1v) is 7.20. The molecule has 1 aromatic heterocycles. The summed E-state index contributed by atoms with van der Waals surface area (Å²) in [7, 11) is 0. The molecule has 0 spiro atoms. The second-order valence-corrected chi connectivity index (χ2v) is 5.76. The van der Waals surface area contributed by atoms with Crippen molar-refractivity contribution in [2.75, 3.05) is 13.1 Å². The van der Waals surface area contributed by atoms with E-state index in [1.54, 1.807) is 0 Å². The maximum absolute atomic E-state index is 4.37. The molecule has 19 heavy (non-hydrogen) atoms. The van der Waals surface area contributed by atoms with E-state index in [-0.39, 0.29) is 0 Å². The monoisotopic (exact) mass is 253 g/mol. The molecular weight excluding hydrogens is 234 g/mol. The lowest BCUT2D eigenvalue weighted by Crippen LogP contribution is -2.23. The number of hydrogen-bond donors (Lipinski definition) is 1. The van der Waals surface area contributed by atoms with Crippen molar-refractivity contribution in [1.82, 2.24) is 14.9 Å². The zero-order valence-electron chi connectivity index (χ0n) is 11.0. The molecule has 0 saturated carbocycles. The second-order valence-electron chi connectivity index (χ2n) is 5.76. The molecule has 2 atom stereocenters. The van der Waals surface area contributed by atoms with Crippen molar-refractivity contribution >= 4 is 0 Å². The van der Waals surface area contributed by atoms with Crippen LogP contribution in [0.1, 0.15) is 35.1 Å². The van der Waals surface area contributed by atoms with Crippen molar-refractivity contribution in [3.63, 3.8) is 0 Å². The fourth-order valence-corrected chi connectivity index (χ4v) is 3.49. The van der Waals surface area contributed by atoms with Gasteiger partial charge < -0.3 is 9.88 Å². The number of imidazole rings is 1. The molecule has 1 aromatic carbocycles. The summed E-state index contributed by atoms with van der Waals surface area (Å²) in [6.45, 7) is 3.33. The van der Waals surface area contributed by atoms with Gasteiger partial charge in [-0.25, -0.2) is 4.98 Å². The highest BCUT2D eigenvalue weighted by Crippen LogP contribution is 2.36. The van der Waals surface area contributed by atoms with Crippen LogP contribution in [0.2, 0.25) is 0 Å². The third-order valence-corrected chi connectivity index (χ3v) is 4.60. The normalized spacial score (nSPS) is 25.1. The molecule has 0 radical (unpaired) electrons. The molecule has 0 bridgehead atoms. The minimum Gasteiger partial charge on any atom is -0.334 e. The molecule has 2 aromatic rings. The first-order chi connectivity index (χ1) is 9.42. The summed E-state index contributed by atoms with van der Waals surface area (Å²) in [6, 6.07) is 8.82. The molecule has 98 valence electrons. The number of hydrogen-bond acceptors (Lipinski definition) is 2. The number of nitrogens with zero attached hydrogens (tertiary/aromatic N) is 2. The van der Waals surface area contributed by atoms with Crippen LogP contribution in [0.5, 0.6) is 0 Å². The Hall–Kier alpha value is -1.61. The molecule has 1 aliphatic carbocycles. The van der Waals surface area contributed by atoms with E-state index >= 15 is 0 Å². The van der Waals surface area contributed by atoms with Crippen LogP contribution in [-0.4, -0.2) is 22.6 Å². The van der Waals surface area contributed by atoms with Gasteiger partial charge in [-0.05, 0) is 30.5 Å². The van der Waals surface area contributed by atoms with Gasteiger partial charge in [0.05, 0.1) is 6.33 Å². The lowest BCUT2D eigenvalue weighted by atomic mass is 9.77. The number of fused-ring (bicyclic) bond motifs is 1. The standard InChI is InChI=1S/C16H19N3/c1-2-4-15-12(3-1)7-14(15)10-19-11-18-9-16(19)13-5-6-17-8-13/h1-4,9,11,13-14,17H,5-8,10H2. The molecule has 1 saturated heterocycles. The van der Waals surface area contributed by atoms with E-state index in [9.17, 15) is 0 Å². The van der Waals surface area contributed by atoms with Gasteiger partial charge >= 0.3 is 0 Å². The summed E-state index contributed by atoms with van der Waals surface area (Å²) in [6.07, 6.45) is 6.53. The summed E-state index contributed by atoms with van der Waals surface area (Å²) >= 11 is 0. The van der Waals surface area contributed by atoms with E-state index in [0.29, 0.717) is 11.8 Å². The van der Waals surface area contributed by atoms with E-state index in [1.807, 2.05) is 6.33 Å². The zero-order valence-corrected chi connectivity index (χ0v) is 11.0. The van der Waals surface area contributed by atoms with Gasteiger partial charge in [0, 0.05) is 36.8 Å². The summed E-state index contributed by atoms with van der Waals surface area (Å²) in [5, 5.41) is 3.44. The third kappa shape index (κ3) is 1.89. The minimum absolute atomic E-state index is 0.651. The number of rotatable bonds is 3. The van der Waals surface area contributed by atoms with Gasteiger partial charge in [-0.2, -0.15) is 0 Å². The van der Waals surface area contributed by atoms with Crippen LogP contribution in [0, 0.1) is 0 Å². The van der Waals surface area contributed by atoms with E-state index in [2.05, 4.69) is 45.3 Å². The third-order valence-electron chi connectivity index (χ3n) is 4.60. The molecule has 2 aliphatic rings. The van der Waals surface area contributed by atoms with Crippen LogP contribution in [0.3, 0.4) is 0 Å². The topological polar surface area (TPSA) is 29.9 Å². The Morgan fingerprint density at radius 1 is 1.32 bits per heavy atom. The zero-order chi connectivity index (χ0) is 12.7. The molecule has 4 rings (SSSR count). The molecule has 1 N–H and O–H groups in total. The summed E-state index contributed by atoms with van der Waals surface area (Å²) in [4.78, 5) is 4.37. The van der Waals surface area contributed by atoms with Gasteiger partial charge in [0.2, 0.25) is 0 Å². The van der Waals surface area contributed by atoms with E-state index in [1.165, 1.54) is 29.7 Å². The van der Waals surface area contributed by atoms with E-state index in [0.717, 1.165) is 19.6 Å². The average Bonchev–Trinajstić information content (AvgIpc) is 3.06. The Bertz CT molecular complexity index is 581. The number of aromatic nitrogens is 2. The van der Waals surface area contributed by atoms with Crippen molar-refractivity contribution in [3.05, 3.63) is 53.6 Å². The van der Waals surface area contributed by atoms with Crippen molar-refractivity contribution in [2.24, 2.45) is 0 Å². The molecular formula is C16H19N3. The molecule has 3 heteroatoms. The van der Waals surface area contributed by atoms with Crippen LogP contribution in [0.15, 0.2) is 36.8 Å². The molecule has 1 aliphatic heterocycles. The lowest BCUT2D eigenvalue weighted by Gasteiger charge is -2.31. The molecule has 2 heterocycles. The van der Waals surface area contributed by atoms with E-state index < -0.39 is 0 Å². The average molecular weight is 253 g/mol. The first-order valence-electron chi connectivity index (χ1n) is 7.20. The Balaban J connectivity index is 1.54. The maximum atomic E-state index is 4.37. The summed E-state index contributed by atoms with van der Waals surface area (Å²) in [5.74, 6) is 1.33. The van der Waals surface area contributed by atoms with Crippen LogP contribution >= 0.6 is 0 Å². The number of nitrogens with one attached hydrogen (secondary N) is 1. The fraction of sp³-hybridized carbons (Fsp3) is 0.438. The van der Waals surface area contributed by atoms with Gasteiger partial charge in [0.15, 0.2) is 0 Å². The van der Waals surface area contributed by atoms with Crippen LogP contribution in [-0.2, 0) is 13.0 Å². The van der Waals surface area contributed by atoms with Gasteiger partial charge in [0.1, 0.15) is 0 Å². The van der Waals surface area contributed by atoms with Crippen molar-refractivity contribution in [1.29, 1.82) is 0 Å². The van der Waals surface area contributed by atoms with Gasteiger partial charge in [-0.3, -0.25) is 0 Å². The SMILES string of the molecule is c1ccc2c(c1)CC2Cn1cncc1C1CCNC1. The smallest absolute Gasteiger partial charge is 0.0948 e. The van der Waals surface area contributed by atoms with Crippen LogP contribution in [0.4, 0.5) is 0 Å². The predicted molar refractivity (Wildman–Crippen MR) is 75.3 cm³/mol. The van der Waals surface area contributed by atoms with E-state index in [4.69, 9.17) is 0 Å². The highest BCUT2D eigenvalue weighted by Gasteiger charge is 2.27. The van der Waals surface area contributed by atoms with Crippen molar-refractivity contribution < 1.29 is 0 Å². The summed E-state index contributed by atoms with van der Waals surface area (Å²) in [5.41, 5.74) is 4.47. The minimum atomic E-state index is 0.651. The molecule has 0 amide bonds. The predicted octanol–water partition coefficient (Wildman–Crippen LogP) is 2.30. The Kier molecular flexibility index (Phi) is 2.66. The quantitative estimate of drug-likeness (QED) is 0.909. The molecule has 3 nitrogen and oxygen atoms in total. The highest BCUT2D eigenvalue weighted by atomic mass is 15.1.